The van der Waals surface area contributed by atoms with Crippen LogP contribution in [0.15, 0.2) is 0 Å². The lowest BCUT2D eigenvalue weighted by Gasteiger charge is -2.33. The van der Waals surface area contributed by atoms with Gasteiger partial charge in [0.15, 0.2) is 0 Å². The molecular formula is C6H12BrN. The summed E-state index contributed by atoms with van der Waals surface area (Å²) in [7, 11) is 2.04. The Morgan fingerprint density at radius 1 is 1.62 bits per heavy atom. The Morgan fingerprint density at radius 2 is 2.25 bits per heavy atom. The summed E-state index contributed by atoms with van der Waals surface area (Å²) in [5, 5.41) is 4.43. The van der Waals surface area contributed by atoms with Gasteiger partial charge in [0.05, 0.1) is 0 Å². The van der Waals surface area contributed by atoms with Crippen LogP contribution in [0.2, 0.25) is 0 Å². The lowest BCUT2D eigenvalue weighted by atomic mass is 9.82. The molecule has 0 bridgehead atoms. The van der Waals surface area contributed by atoms with Gasteiger partial charge in [0, 0.05) is 11.4 Å². The molecule has 2 heteroatoms. The Hall–Kier alpha value is 0.440. The van der Waals surface area contributed by atoms with Gasteiger partial charge in [-0.1, -0.05) is 15.9 Å². The summed E-state index contributed by atoms with van der Waals surface area (Å²) >= 11 is 3.46. The first kappa shape index (κ1) is 6.56. The molecule has 0 aromatic heterocycles. The highest BCUT2D eigenvalue weighted by Crippen LogP contribution is 2.28. The average Bonchev–Trinajstić information content (AvgIpc) is 1.65. The minimum Gasteiger partial charge on any atom is -0.317 e. The van der Waals surface area contributed by atoms with Crippen molar-refractivity contribution in [2.24, 2.45) is 5.92 Å². The molecule has 0 saturated heterocycles. The summed E-state index contributed by atoms with van der Waals surface area (Å²) in [5.41, 5.74) is 0. The molecule has 48 valence electrons. The molecule has 1 nitrogen and oxygen atoms in total. The van der Waals surface area contributed by atoms with Gasteiger partial charge < -0.3 is 5.32 Å². The second kappa shape index (κ2) is 2.83. The Kier molecular flexibility index (Phi) is 2.32. The van der Waals surface area contributed by atoms with Crippen molar-refractivity contribution in [1.82, 2.24) is 5.32 Å². The average molecular weight is 178 g/mol. The molecule has 1 fully saturated rings. The molecule has 1 rings (SSSR count). The first-order valence-corrected chi connectivity index (χ1v) is 4.22. The Bertz CT molecular complexity index is 60.9. The van der Waals surface area contributed by atoms with E-state index >= 15 is 0 Å². The van der Waals surface area contributed by atoms with Crippen molar-refractivity contribution in [2.45, 2.75) is 18.9 Å². The van der Waals surface area contributed by atoms with E-state index in [4.69, 9.17) is 0 Å². The fourth-order valence-corrected chi connectivity index (χ4v) is 1.63. The lowest BCUT2D eigenvalue weighted by molar-refractivity contribution is 0.260. The number of rotatable bonds is 2. The maximum absolute atomic E-state index is 3.46. The molecule has 0 aromatic carbocycles. The fraction of sp³-hybridized carbons (Fsp3) is 1.00. The first-order valence-electron chi connectivity index (χ1n) is 3.10. The predicted octanol–water partition coefficient (Wildman–Crippen LogP) is 1.38. The second-order valence-corrected chi connectivity index (χ2v) is 3.12. The van der Waals surface area contributed by atoms with Crippen LogP contribution in [0.3, 0.4) is 0 Å². The number of halogens is 1. The minimum absolute atomic E-state index is 0.817. The molecule has 0 amide bonds. The van der Waals surface area contributed by atoms with E-state index in [0.29, 0.717) is 0 Å². The topological polar surface area (TPSA) is 12.0 Å². The van der Waals surface area contributed by atoms with Crippen LogP contribution in [-0.2, 0) is 0 Å². The summed E-state index contributed by atoms with van der Waals surface area (Å²) in [6, 6.07) is 0.817. The molecule has 1 aliphatic rings. The van der Waals surface area contributed by atoms with Gasteiger partial charge in [-0.05, 0) is 25.8 Å². The zero-order valence-electron chi connectivity index (χ0n) is 5.15. The summed E-state index contributed by atoms with van der Waals surface area (Å²) in [6.07, 6.45) is 2.73. The zero-order valence-corrected chi connectivity index (χ0v) is 6.74. The second-order valence-electron chi connectivity index (χ2n) is 2.48. The van der Waals surface area contributed by atoms with Gasteiger partial charge in [-0.15, -0.1) is 0 Å². The van der Waals surface area contributed by atoms with Gasteiger partial charge in [-0.25, -0.2) is 0 Å². The minimum atomic E-state index is 0.817. The fourth-order valence-electron chi connectivity index (χ4n) is 1.10. The highest BCUT2D eigenvalue weighted by molar-refractivity contribution is 9.09. The normalized spacial score (nSPS) is 36.8. The van der Waals surface area contributed by atoms with Crippen LogP contribution in [-0.4, -0.2) is 18.4 Å². The first-order chi connectivity index (χ1) is 3.86. The van der Waals surface area contributed by atoms with Crippen LogP contribution in [0.25, 0.3) is 0 Å². The maximum atomic E-state index is 3.46. The van der Waals surface area contributed by atoms with E-state index in [9.17, 15) is 0 Å². The van der Waals surface area contributed by atoms with E-state index in [0.717, 1.165) is 12.0 Å². The highest BCUT2D eigenvalue weighted by Gasteiger charge is 2.25. The Morgan fingerprint density at radius 3 is 2.62 bits per heavy atom. The maximum Gasteiger partial charge on any atom is 0.00699 e. The molecule has 1 aliphatic carbocycles. The van der Waals surface area contributed by atoms with Crippen molar-refractivity contribution in [3.8, 4) is 0 Å². The van der Waals surface area contributed by atoms with Crippen molar-refractivity contribution in [2.75, 3.05) is 12.4 Å². The van der Waals surface area contributed by atoms with Crippen LogP contribution in [0.4, 0.5) is 0 Å². The number of hydrogen-bond donors (Lipinski definition) is 1. The van der Waals surface area contributed by atoms with E-state index < -0.39 is 0 Å². The van der Waals surface area contributed by atoms with Crippen LogP contribution in [0.1, 0.15) is 12.8 Å². The van der Waals surface area contributed by atoms with Gasteiger partial charge in [0.2, 0.25) is 0 Å². The Labute approximate surface area is 59.0 Å². The van der Waals surface area contributed by atoms with E-state index in [1.165, 1.54) is 18.2 Å². The van der Waals surface area contributed by atoms with E-state index in [1.807, 2.05) is 7.05 Å². The van der Waals surface area contributed by atoms with Gasteiger partial charge in [0.1, 0.15) is 0 Å². The van der Waals surface area contributed by atoms with Gasteiger partial charge in [-0.2, -0.15) is 0 Å². The molecule has 0 unspecified atom stereocenters. The van der Waals surface area contributed by atoms with Crippen molar-refractivity contribution < 1.29 is 0 Å². The quantitative estimate of drug-likeness (QED) is 0.630. The molecule has 0 radical (unpaired) electrons. The van der Waals surface area contributed by atoms with Crippen LogP contribution in [0, 0.1) is 5.92 Å². The molecule has 0 heterocycles. The highest BCUT2D eigenvalue weighted by atomic mass is 79.9. The third-order valence-corrected chi connectivity index (χ3v) is 2.78. The number of alkyl halides is 1. The SMILES string of the molecule is CNC1CC(CBr)C1. The molecule has 0 spiro atoms. The van der Waals surface area contributed by atoms with Crippen molar-refractivity contribution in [3.63, 3.8) is 0 Å². The number of nitrogens with one attached hydrogen (secondary N) is 1. The summed E-state index contributed by atoms with van der Waals surface area (Å²) in [4.78, 5) is 0. The summed E-state index contributed by atoms with van der Waals surface area (Å²) in [6.45, 7) is 0. The molecule has 1 saturated carbocycles. The third-order valence-electron chi connectivity index (χ3n) is 1.86. The van der Waals surface area contributed by atoms with E-state index in [2.05, 4.69) is 21.2 Å². The zero-order chi connectivity index (χ0) is 5.98. The third kappa shape index (κ3) is 1.23. The molecule has 0 atom stereocenters. The summed E-state index contributed by atoms with van der Waals surface area (Å²) in [5.74, 6) is 0.951. The van der Waals surface area contributed by atoms with E-state index in [1.54, 1.807) is 0 Å². The number of hydrogen-bond acceptors (Lipinski definition) is 1. The monoisotopic (exact) mass is 177 g/mol. The Balaban J connectivity index is 2.03. The van der Waals surface area contributed by atoms with Crippen LogP contribution in [0.5, 0.6) is 0 Å². The van der Waals surface area contributed by atoms with Crippen molar-refractivity contribution in [1.29, 1.82) is 0 Å². The van der Waals surface area contributed by atoms with Crippen LogP contribution >= 0.6 is 15.9 Å². The standard InChI is InChI=1S/C6H12BrN/c1-8-6-2-5(3-6)4-7/h5-6,8H,2-4H2,1H3. The van der Waals surface area contributed by atoms with E-state index in [-0.39, 0.29) is 0 Å². The van der Waals surface area contributed by atoms with Gasteiger partial charge >= 0.3 is 0 Å². The molecule has 0 aliphatic heterocycles. The van der Waals surface area contributed by atoms with Gasteiger partial charge in [-0.3, -0.25) is 0 Å². The van der Waals surface area contributed by atoms with Crippen molar-refractivity contribution in [3.05, 3.63) is 0 Å². The molecular weight excluding hydrogens is 166 g/mol. The van der Waals surface area contributed by atoms with Crippen LogP contribution < -0.4 is 5.32 Å². The molecule has 0 aromatic rings. The largest absolute Gasteiger partial charge is 0.317 e. The smallest absolute Gasteiger partial charge is 0.00699 e. The lowest BCUT2D eigenvalue weighted by Crippen LogP contribution is -2.39. The molecule has 1 N–H and O–H groups in total. The molecule has 8 heavy (non-hydrogen) atoms. The summed E-state index contributed by atoms with van der Waals surface area (Å²) < 4.78 is 0. The van der Waals surface area contributed by atoms with Crippen molar-refractivity contribution >= 4 is 15.9 Å². The predicted molar refractivity (Wildman–Crippen MR) is 39.4 cm³/mol. The van der Waals surface area contributed by atoms with Gasteiger partial charge in [0.25, 0.3) is 0 Å².